The first kappa shape index (κ1) is 25.0. The summed E-state index contributed by atoms with van der Waals surface area (Å²) in [7, 11) is 0. The average molecular weight is 540 g/mol. The number of aromatic nitrogens is 2. The Labute approximate surface area is 218 Å². The van der Waals surface area contributed by atoms with E-state index in [0.29, 0.717) is 15.6 Å². The molecule has 0 bridgehead atoms. The first-order valence-electron chi connectivity index (χ1n) is 10.2. The van der Waals surface area contributed by atoms with Gasteiger partial charge in [0.25, 0.3) is 0 Å². The van der Waals surface area contributed by atoms with Gasteiger partial charge in [0.2, 0.25) is 5.13 Å². The van der Waals surface area contributed by atoms with Crippen molar-refractivity contribution in [1.82, 2.24) is 15.6 Å². The van der Waals surface area contributed by atoms with E-state index in [1.807, 2.05) is 30.3 Å². The largest absolute Gasteiger partial charge is 0.423 e. The lowest BCUT2D eigenvalue weighted by Gasteiger charge is -2.06. The average Bonchev–Trinajstić information content (AvgIpc) is 3.33. The number of hydrazone groups is 1. The summed E-state index contributed by atoms with van der Waals surface area (Å²) >= 11 is 13.0. The Kier molecular flexibility index (Phi) is 8.01. The van der Waals surface area contributed by atoms with Crippen LogP contribution < -0.4 is 15.5 Å². The van der Waals surface area contributed by atoms with Gasteiger partial charge in [0, 0.05) is 10.6 Å². The Morgan fingerprint density at radius 1 is 0.917 bits per heavy atom. The van der Waals surface area contributed by atoms with E-state index in [2.05, 4.69) is 26.0 Å². The van der Waals surface area contributed by atoms with E-state index < -0.39 is 17.8 Å². The number of hydrogen-bond donors (Lipinski definition) is 2. The molecule has 0 saturated carbocycles. The molecule has 0 spiro atoms. The second kappa shape index (κ2) is 11.5. The lowest BCUT2D eigenvalue weighted by Crippen LogP contribution is -2.32. The van der Waals surface area contributed by atoms with E-state index in [0.717, 1.165) is 16.9 Å². The fraction of sp³-hybridized carbons (Fsp3) is 0. The molecule has 0 aliphatic rings. The lowest BCUT2D eigenvalue weighted by atomic mass is 10.2. The number of nitrogens with one attached hydrogen (secondary N) is 2. The maximum Gasteiger partial charge on any atom is 0.345 e. The molecule has 1 aromatic heterocycles. The third-order valence-corrected chi connectivity index (χ3v) is 5.91. The van der Waals surface area contributed by atoms with Gasteiger partial charge in [-0.05, 0) is 35.9 Å². The number of ether oxygens (including phenoxy) is 1. The van der Waals surface area contributed by atoms with Crippen LogP contribution in [-0.2, 0) is 9.59 Å². The molecule has 0 unspecified atom stereocenters. The van der Waals surface area contributed by atoms with Crippen molar-refractivity contribution >= 4 is 63.7 Å². The summed E-state index contributed by atoms with van der Waals surface area (Å²) in [5.41, 5.74) is 3.62. The molecular weight excluding hydrogens is 525 g/mol. The topological polar surface area (TPSA) is 123 Å². The SMILES string of the molecule is O=C(NN=Cc1cccc(OC(=O)c2ccc(Cl)cc2Cl)c1)C(=O)Nc1nnc(-c2ccccc2)s1. The zero-order valence-corrected chi connectivity index (χ0v) is 20.5. The molecule has 2 amide bonds. The molecule has 0 saturated heterocycles. The van der Waals surface area contributed by atoms with Crippen molar-refractivity contribution in [2.45, 2.75) is 0 Å². The number of halogens is 2. The Hall–Kier alpha value is -4.12. The normalized spacial score (nSPS) is 10.7. The van der Waals surface area contributed by atoms with E-state index in [1.54, 1.807) is 18.2 Å². The second-order valence-electron chi connectivity index (χ2n) is 7.02. The summed E-state index contributed by atoms with van der Waals surface area (Å²) in [4.78, 5) is 36.6. The highest BCUT2D eigenvalue weighted by atomic mass is 35.5. The third-order valence-electron chi connectivity index (χ3n) is 4.47. The molecule has 4 rings (SSSR count). The number of nitrogens with zero attached hydrogens (tertiary/aromatic N) is 3. The molecule has 9 nitrogen and oxygen atoms in total. The van der Waals surface area contributed by atoms with Crippen LogP contribution in [0.5, 0.6) is 5.75 Å². The molecule has 1 heterocycles. The smallest absolute Gasteiger partial charge is 0.345 e. The fourth-order valence-electron chi connectivity index (χ4n) is 2.82. The van der Waals surface area contributed by atoms with Crippen molar-refractivity contribution in [3.05, 3.63) is 94.0 Å². The summed E-state index contributed by atoms with van der Waals surface area (Å²) in [6.45, 7) is 0. The first-order valence-corrected chi connectivity index (χ1v) is 11.8. The quantitative estimate of drug-likeness (QED) is 0.119. The second-order valence-corrected chi connectivity index (χ2v) is 8.84. The zero-order valence-electron chi connectivity index (χ0n) is 18.1. The Balaban J connectivity index is 1.32. The van der Waals surface area contributed by atoms with E-state index in [1.165, 1.54) is 30.5 Å². The molecule has 0 aliphatic carbocycles. The minimum atomic E-state index is -0.998. The van der Waals surface area contributed by atoms with E-state index in [-0.39, 0.29) is 21.5 Å². The van der Waals surface area contributed by atoms with Crippen molar-refractivity contribution in [2.24, 2.45) is 5.10 Å². The van der Waals surface area contributed by atoms with Gasteiger partial charge in [-0.15, -0.1) is 10.2 Å². The molecule has 0 radical (unpaired) electrons. The van der Waals surface area contributed by atoms with Gasteiger partial charge in [-0.25, -0.2) is 10.2 Å². The lowest BCUT2D eigenvalue weighted by molar-refractivity contribution is -0.136. The van der Waals surface area contributed by atoms with Gasteiger partial charge in [-0.1, -0.05) is 77.0 Å². The van der Waals surface area contributed by atoms with Crippen LogP contribution in [0.1, 0.15) is 15.9 Å². The number of esters is 1. The molecule has 0 atom stereocenters. The molecule has 4 aromatic rings. The number of anilines is 1. The number of carbonyl (C=O) groups excluding carboxylic acids is 3. The van der Waals surface area contributed by atoms with E-state index in [4.69, 9.17) is 27.9 Å². The van der Waals surface area contributed by atoms with Crippen molar-refractivity contribution in [1.29, 1.82) is 0 Å². The number of benzene rings is 3. The van der Waals surface area contributed by atoms with Crippen LogP contribution in [0, 0.1) is 0 Å². The zero-order chi connectivity index (χ0) is 25.5. The molecule has 0 fully saturated rings. The molecule has 180 valence electrons. The van der Waals surface area contributed by atoms with Crippen LogP contribution in [0.4, 0.5) is 5.13 Å². The van der Waals surface area contributed by atoms with Gasteiger partial charge in [0.1, 0.15) is 10.8 Å². The van der Waals surface area contributed by atoms with Crippen molar-refractivity contribution < 1.29 is 19.1 Å². The van der Waals surface area contributed by atoms with Gasteiger partial charge < -0.3 is 4.74 Å². The third kappa shape index (κ3) is 6.51. The Morgan fingerprint density at radius 3 is 2.50 bits per heavy atom. The minimum absolute atomic E-state index is 0.157. The van der Waals surface area contributed by atoms with Gasteiger partial charge in [0.05, 0.1) is 16.8 Å². The maximum absolute atomic E-state index is 12.4. The predicted molar refractivity (Wildman–Crippen MR) is 138 cm³/mol. The monoisotopic (exact) mass is 539 g/mol. The number of hydrogen-bond acceptors (Lipinski definition) is 8. The molecule has 36 heavy (non-hydrogen) atoms. The highest BCUT2D eigenvalue weighted by Crippen LogP contribution is 2.26. The van der Waals surface area contributed by atoms with Crippen LogP contribution in [0.15, 0.2) is 77.9 Å². The molecule has 3 aromatic carbocycles. The van der Waals surface area contributed by atoms with Crippen LogP contribution in [0.25, 0.3) is 10.6 Å². The number of rotatable bonds is 6. The molecule has 12 heteroatoms. The summed E-state index contributed by atoms with van der Waals surface area (Å²) < 4.78 is 5.34. The van der Waals surface area contributed by atoms with E-state index in [9.17, 15) is 14.4 Å². The first-order chi connectivity index (χ1) is 17.4. The number of amides is 2. The van der Waals surface area contributed by atoms with Crippen LogP contribution >= 0.6 is 34.5 Å². The minimum Gasteiger partial charge on any atom is -0.423 e. The van der Waals surface area contributed by atoms with Gasteiger partial charge in [-0.3, -0.25) is 14.9 Å². The summed E-state index contributed by atoms with van der Waals surface area (Å²) in [6.07, 6.45) is 1.29. The molecule has 2 N–H and O–H groups in total. The van der Waals surface area contributed by atoms with Crippen LogP contribution in [0.3, 0.4) is 0 Å². The standard InChI is InChI=1S/C24H15Cl2N5O4S/c25-16-9-10-18(19(26)12-16)23(34)35-17-8-4-5-14(11-17)13-27-29-21(33)20(32)28-24-31-30-22(36-24)15-6-2-1-3-7-15/h1-13H,(H,29,33)(H,28,31,32). The predicted octanol–water partition coefficient (Wildman–Crippen LogP) is 4.82. The van der Waals surface area contributed by atoms with Crippen LogP contribution in [-0.4, -0.2) is 34.2 Å². The Bertz CT molecular complexity index is 1460. The highest BCUT2D eigenvalue weighted by molar-refractivity contribution is 7.18. The molecular formula is C24H15Cl2N5O4S. The van der Waals surface area contributed by atoms with E-state index >= 15 is 0 Å². The number of carbonyl (C=O) groups is 3. The van der Waals surface area contributed by atoms with Gasteiger partial charge in [0.15, 0.2) is 0 Å². The summed E-state index contributed by atoms with van der Waals surface area (Å²) in [5.74, 6) is -2.39. The molecule has 0 aliphatic heterocycles. The van der Waals surface area contributed by atoms with Gasteiger partial charge in [-0.2, -0.15) is 5.10 Å². The summed E-state index contributed by atoms with van der Waals surface area (Å²) in [6, 6.07) is 20.1. The fourth-order valence-corrected chi connectivity index (χ4v) is 4.05. The van der Waals surface area contributed by atoms with Gasteiger partial charge >= 0.3 is 17.8 Å². The summed E-state index contributed by atoms with van der Waals surface area (Å²) in [5, 5.41) is 15.3. The highest BCUT2D eigenvalue weighted by Gasteiger charge is 2.16. The maximum atomic E-state index is 12.4. The van der Waals surface area contributed by atoms with Crippen molar-refractivity contribution in [2.75, 3.05) is 5.32 Å². The Morgan fingerprint density at radius 2 is 1.72 bits per heavy atom. The van der Waals surface area contributed by atoms with Crippen molar-refractivity contribution in [3.8, 4) is 16.3 Å². The van der Waals surface area contributed by atoms with Crippen molar-refractivity contribution in [3.63, 3.8) is 0 Å². The van der Waals surface area contributed by atoms with Crippen LogP contribution in [0.2, 0.25) is 10.0 Å².